The maximum atomic E-state index is 2.52. The molecule has 0 heterocycles. The molecule has 0 aliphatic heterocycles. The Morgan fingerprint density at radius 2 is 1.92 bits per heavy atom. The Bertz CT molecular complexity index is 159. The first kappa shape index (κ1) is 11.1. The van der Waals surface area contributed by atoms with Crippen LogP contribution in [-0.4, -0.2) is 0 Å². The molecule has 1 rings (SSSR count). The van der Waals surface area contributed by atoms with Crippen LogP contribution in [0.25, 0.3) is 0 Å². The highest BCUT2D eigenvalue weighted by molar-refractivity contribution is 4.90. The van der Waals surface area contributed by atoms with Crippen molar-refractivity contribution in [1.29, 1.82) is 0 Å². The molecule has 3 atom stereocenters. The highest BCUT2D eigenvalue weighted by Crippen LogP contribution is 2.50. The van der Waals surface area contributed by atoms with E-state index >= 15 is 0 Å². The van der Waals surface area contributed by atoms with E-state index in [1.165, 1.54) is 25.7 Å². The summed E-state index contributed by atoms with van der Waals surface area (Å²) in [6.07, 6.45) is 5.73. The Morgan fingerprint density at radius 3 is 2.31 bits per heavy atom. The SMILES string of the molecule is CCC1(C)C(C)CCCC1C(C)C. The molecule has 1 saturated carbocycles. The van der Waals surface area contributed by atoms with Crippen molar-refractivity contribution in [3.8, 4) is 0 Å². The molecule has 0 aromatic heterocycles. The van der Waals surface area contributed by atoms with E-state index in [0.29, 0.717) is 5.41 Å². The molecule has 0 heteroatoms. The van der Waals surface area contributed by atoms with E-state index in [-0.39, 0.29) is 0 Å². The zero-order valence-electron chi connectivity index (χ0n) is 10.1. The van der Waals surface area contributed by atoms with Crippen LogP contribution < -0.4 is 0 Å². The summed E-state index contributed by atoms with van der Waals surface area (Å²) in [5.41, 5.74) is 0.617. The molecule has 0 radical (unpaired) electrons. The fourth-order valence-corrected chi connectivity index (χ4v) is 3.37. The van der Waals surface area contributed by atoms with Gasteiger partial charge in [0.1, 0.15) is 0 Å². The third-order valence-electron chi connectivity index (χ3n) is 4.69. The highest BCUT2D eigenvalue weighted by atomic mass is 14.5. The Hall–Kier alpha value is 0. The van der Waals surface area contributed by atoms with Crippen molar-refractivity contribution < 1.29 is 0 Å². The van der Waals surface area contributed by atoms with E-state index in [1.807, 2.05) is 0 Å². The van der Waals surface area contributed by atoms with E-state index in [2.05, 4.69) is 34.6 Å². The second-order valence-electron chi connectivity index (χ2n) is 5.54. The monoisotopic (exact) mass is 182 g/mol. The van der Waals surface area contributed by atoms with E-state index in [9.17, 15) is 0 Å². The Labute approximate surface area is 84.1 Å². The average Bonchev–Trinajstić information content (AvgIpc) is 2.09. The van der Waals surface area contributed by atoms with Gasteiger partial charge in [0.2, 0.25) is 0 Å². The minimum Gasteiger partial charge on any atom is -0.0648 e. The maximum absolute atomic E-state index is 2.52. The summed E-state index contributed by atoms with van der Waals surface area (Å²) in [4.78, 5) is 0. The van der Waals surface area contributed by atoms with Gasteiger partial charge in [-0.25, -0.2) is 0 Å². The fraction of sp³-hybridized carbons (Fsp3) is 1.00. The molecule has 3 unspecified atom stereocenters. The van der Waals surface area contributed by atoms with E-state index < -0.39 is 0 Å². The van der Waals surface area contributed by atoms with Crippen LogP contribution in [0.5, 0.6) is 0 Å². The van der Waals surface area contributed by atoms with Crippen molar-refractivity contribution in [2.24, 2.45) is 23.2 Å². The molecule has 0 aromatic carbocycles. The minimum atomic E-state index is 0.617. The second kappa shape index (κ2) is 4.02. The van der Waals surface area contributed by atoms with Gasteiger partial charge in [-0.05, 0) is 29.6 Å². The molecule has 1 aliphatic rings. The van der Waals surface area contributed by atoms with Gasteiger partial charge in [0.15, 0.2) is 0 Å². The van der Waals surface area contributed by atoms with Crippen molar-refractivity contribution in [2.45, 2.75) is 60.3 Å². The molecular weight excluding hydrogens is 156 g/mol. The van der Waals surface area contributed by atoms with Crippen LogP contribution in [0.4, 0.5) is 0 Å². The van der Waals surface area contributed by atoms with Gasteiger partial charge in [0.25, 0.3) is 0 Å². The lowest BCUT2D eigenvalue weighted by molar-refractivity contribution is 0.0178. The molecule has 0 aromatic rings. The number of rotatable bonds is 2. The summed E-state index contributed by atoms with van der Waals surface area (Å²) in [7, 11) is 0. The van der Waals surface area contributed by atoms with Crippen molar-refractivity contribution in [1.82, 2.24) is 0 Å². The zero-order chi connectivity index (χ0) is 10.1. The van der Waals surface area contributed by atoms with Gasteiger partial charge >= 0.3 is 0 Å². The van der Waals surface area contributed by atoms with Gasteiger partial charge in [0.05, 0.1) is 0 Å². The molecule has 13 heavy (non-hydrogen) atoms. The average molecular weight is 182 g/mol. The number of hydrogen-bond acceptors (Lipinski definition) is 0. The van der Waals surface area contributed by atoms with Crippen LogP contribution in [0.15, 0.2) is 0 Å². The van der Waals surface area contributed by atoms with Gasteiger partial charge in [-0.15, -0.1) is 0 Å². The van der Waals surface area contributed by atoms with E-state index in [0.717, 1.165) is 17.8 Å². The topological polar surface area (TPSA) is 0 Å². The Morgan fingerprint density at radius 1 is 1.31 bits per heavy atom. The van der Waals surface area contributed by atoms with Crippen molar-refractivity contribution in [2.75, 3.05) is 0 Å². The molecule has 0 saturated heterocycles. The highest BCUT2D eigenvalue weighted by Gasteiger charge is 2.41. The van der Waals surface area contributed by atoms with Crippen LogP contribution in [-0.2, 0) is 0 Å². The van der Waals surface area contributed by atoms with Crippen LogP contribution in [0, 0.1) is 23.2 Å². The van der Waals surface area contributed by atoms with E-state index in [1.54, 1.807) is 0 Å². The predicted molar refractivity (Wildman–Crippen MR) is 59.7 cm³/mol. The molecule has 78 valence electrons. The molecular formula is C13H26. The lowest BCUT2D eigenvalue weighted by Crippen LogP contribution is -2.39. The van der Waals surface area contributed by atoms with Gasteiger partial charge in [-0.1, -0.05) is 53.9 Å². The van der Waals surface area contributed by atoms with Crippen LogP contribution in [0.2, 0.25) is 0 Å². The second-order valence-corrected chi connectivity index (χ2v) is 5.54. The van der Waals surface area contributed by atoms with E-state index in [4.69, 9.17) is 0 Å². The first-order chi connectivity index (χ1) is 6.02. The molecule has 0 spiro atoms. The van der Waals surface area contributed by atoms with Crippen LogP contribution in [0.3, 0.4) is 0 Å². The smallest absolute Gasteiger partial charge is 0.0272 e. The lowest BCUT2D eigenvalue weighted by Gasteiger charge is -2.48. The minimum absolute atomic E-state index is 0.617. The van der Waals surface area contributed by atoms with Crippen molar-refractivity contribution in [3.63, 3.8) is 0 Å². The largest absolute Gasteiger partial charge is 0.0648 e. The summed E-state index contributed by atoms with van der Waals surface area (Å²) >= 11 is 0. The summed E-state index contributed by atoms with van der Waals surface area (Å²) in [5.74, 6) is 2.76. The van der Waals surface area contributed by atoms with Gasteiger partial charge in [-0.3, -0.25) is 0 Å². The standard InChI is InChI=1S/C13H26/c1-6-13(5)11(4)8-7-9-12(13)10(2)3/h10-12H,6-9H2,1-5H3. The fourth-order valence-electron chi connectivity index (χ4n) is 3.37. The first-order valence-corrected chi connectivity index (χ1v) is 6.02. The normalized spacial score (nSPS) is 41.1. The molecule has 0 bridgehead atoms. The first-order valence-electron chi connectivity index (χ1n) is 6.02. The summed E-state index contributed by atoms with van der Waals surface area (Å²) in [5, 5.41) is 0. The molecule has 0 nitrogen and oxygen atoms in total. The predicted octanol–water partition coefficient (Wildman–Crippen LogP) is 4.49. The third-order valence-corrected chi connectivity index (χ3v) is 4.69. The lowest BCUT2D eigenvalue weighted by atomic mass is 9.57. The zero-order valence-corrected chi connectivity index (χ0v) is 10.1. The van der Waals surface area contributed by atoms with Gasteiger partial charge in [-0.2, -0.15) is 0 Å². The van der Waals surface area contributed by atoms with Crippen molar-refractivity contribution >= 4 is 0 Å². The van der Waals surface area contributed by atoms with Crippen LogP contribution in [0.1, 0.15) is 60.3 Å². The van der Waals surface area contributed by atoms with Gasteiger partial charge < -0.3 is 0 Å². The molecule has 1 fully saturated rings. The molecule has 0 amide bonds. The quantitative estimate of drug-likeness (QED) is 0.590. The summed E-state index contributed by atoms with van der Waals surface area (Å²) in [6, 6.07) is 0. The Balaban J connectivity index is 2.80. The van der Waals surface area contributed by atoms with Crippen molar-refractivity contribution in [3.05, 3.63) is 0 Å². The molecule has 0 N–H and O–H groups in total. The Kier molecular flexibility index (Phi) is 3.43. The maximum Gasteiger partial charge on any atom is -0.0272 e. The van der Waals surface area contributed by atoms with Gasteiger partial charge in [0, 0.05) is 0 Å². The molecule has 1 aliphatic carbocycles. The summed E-state index contributed by atoms with van der Waals surface area (Å²) < 4.78 is 0. The number of hydrogen-bond donors (Lipinski definition) is 0. The van der Waals surface area contributed by atoms with Crippen LogP contribution >= 0.6 is 0 Å². The summed E-state index contributed by atoms with van der Waals surface area (Å²) in [6.45, 7) is 12.1. The third kappa shape index (κ3) is 1.92.